The summed E-state index contributed by atoms with van der Waals surface area (Å²) in [6.07, 6.45) is 8.27. The van der Waals surface area contributed by atoms with Gasteiger partial charge in [-0.25, -0.2) is 0 Å². The molecule has 0 bridgehead atoms. The number of halogens is 1. The zero-order valence-electron chi connectivity index (χ0n) is 12.4. The van der Waals surface area contributed by atoms with Crippen LogP contribution in [0, 0.1) is 5.92 Å². The highest BCUT2D eigenvalue weighted by molar-refractivity contribution is 7.99. The highest BCUT2D eigenvalue weighted by atomic mass is 35.5. The first-order chi connectivity index (χ1) is 9.79. The van der Waals surface area contributed by atoms with E-state index in [-0.39, 0.29) is 0 Å². The van der Waals surface area contributed by atoms with Gasteiger partial charge in [-0.1, -0.05) is 56.3 Å². The molecular formula is C17H26ClNS. The molecule has 3 heteroatoms. The molecule has 0 aromatic heterocycles. The Balaban J connectivity index is 1.84. The lowest BCUT2D eigenvalue weighted by Crippen LogP contribution is -2.33. The lowest BCUT2D eigenvalue weighted by molar-refractivity contribution is 0.410. The number of rotatable bonds is 8. The van der Waals surface area contributed by atoms with Crippen LogP contribution >= 0.6 is 23.4 Å². The standard InChI is InChI=1S/C17H26ClNS/c1-2-11-19-15(12-14-7-3-4-8-14)13-20-17-10-6-5-9-16(17)18/h5-6,9-10,14-15,19H,2-4,7-8,11-13H2,1H3. The van der Waals surface area contributed by atoms with E-state index in [1.165, 1.54) is 43.4 Å². The van der Waals surface area contributed by atoms with Gasteiger partial charge in [-0.15, -0.1) is 11.8 Å². The van der Waals surface area contributed by atoms with Crippen molar-refractivity contribution in [3.05, 3.63) is 29.3 Å². The van der Waals surface area contributed by atoms with Gasteiger partial charge in [-0.05, 0) is 37.4 Å². The molecule has 1 fully saturated rings. The second-order valence-electron chi connectivity index (χ2n) is 5.78. The molecule has 1 aliphatic rings. The predicted octanol–water partition coefficient (Wildman–Crippen LogP) is 5.38. The third kappa shape index (κ3) is 5.31. The van der Waals surface area contributed by atoms with Crippen LogP contribution in [0.3, 0.4) is 0 Å². The fourth-order valence-electron chi connectivity index (χ4n) is 2.96. The Kier molecular flexibility index (Phi) is 7.26. The third-order valence-corrected chi connectivity index (χ3v) is 5.73. The molecule has 0 saturated heterocycles. The largest absolute Gasteiger partial charge is 0.313 e. The van der Waals surface area contributed by atoms with Gasteiger partial charge in [0.25, 0.3) is 0 Å². The molecule has 0 heterocycles. The Bertz CT molecular complexity index is 390. The van der Waals surface area contributed by atoms with E-state index in [0.717, 1.165) is 23.2 Å². The van der Waals surface area contributed by atoms with Gasteiger partial charge in [0, 0.05) is 16.7 Å². The van der Waals surface area contributed by atoms with E-state index in [4.69, 9.17) is 11.6 Å². The van der Waals surface area contributed by atoms with Crippen LogP contribution < -0.4 is 5.32 Å². The average Bonchev–Trinajstić information content (AvgIpc) is 2.96. The van der Waals surface area contributed by atoms with Crippen molar-refractivity contribution in [2.75, 3.05) is 12.3 Å². The Hall–Kier alpha value is -0.180. The van der Waals surface area contributed by atoms with E-state index < -0.39 is 0 Å². The minimum Gasteiger partial charge on any atom is -0.313 e. The van der Waals surface area contributed by atoms with Gasteiger partial charge < -0.3 is 5.32 Å². The minimum absolute atomic E-state index is 0.624. The van der Waals surface area contributed by atoms with Crippen molar-refractivity contribution in [1.29, 1.82) is 0 Å². The average molecular weight is 312 g/mol. The Morgan fingerprint density at radius 3 is 2.75 bits per heavy atom. The first kappa shape index (κ1) is 16.2. The van der Waals surface area contributed by atoms with Gasteiger partial charge in [0.1, 0.15) is 0 Å². The summed E-state index contributed by atoms with van der Waals surface area (Å²) in [4.78, 5) is 1.21. The van der Waals surface area contributed by atoms with Crippen molar-refractivity contribution in [3.63, 3.8) is 0 Å². The number of nitrogens with one attached hydrogen (secondary N) is 1. The number of hydrogen-bond acceptors (Lipinski definition) is 2. The molecule has 1 saturated carbocycles. The van der Waals surface area contributed by atoms with Crippen molar-refractivity contribution in [1.82, 2.24) is 5.32 Å². The van der Waals surface area contributed by atoms with E-state index in [1.54, 1.807) is 0 Å². The van der Waals surface area contributed by atoms with Crippen LogP contribution in [-0.4, -0.2) is 18.3 Å². The molecule has 1 nitrogen and oxygen atoms in total. The molecule has 0 aliphatic heterocycles. The molecule has 0 radical (unpaired) electrons. The van der Waals surface area contributed by atoms with E-state index in [9.17, 15) is 0 Å². The molecule has 1 N–H and O–H groups in total. The van der Waals surface area contributed by atoms with Gasteiger partial charge in [0.15, 0.2) is 0 Å². The van der Waals surface area contributed by atoms with E-state index in [0.29, 0.717) is 6.04 Å². The van der Waals surface area contributed by atoms with Gasteiger partial charge in [0.2, 0.25) is 0 Å². The second kappa shape index (κ2) is 8.96. The first-order valence-corrected chi connectivity index (χ1v) is 9.26. The van der Waals surface area contributed by atoms with Crippen LogP contribution in [0.25, 0.3) is 0 Å². The maximum Gasteiger partial charge on any atom is 0.0541 e. The molecular weight excluding hydrogens is 286 g/mol. The lowest BCUT2D eigenvalue weighted by Gasteiger charge is -2.21. The number of benzene rings is 1. The second-order valence-corrected chi connectivity index (χ2v) is 7.25. The van der Waals surface area contributed by atoms with E-state index >= 15 is 0 Å². The van der Waals surface area contributed by atoms with Gasteiger partial charge in [0.05, 0.1) is 5.02 Å². The first-order valence-electron chi connectivity index (χ1n) is 7.90. The van der Waals surface area contributed by atoms with Crippen LogP contribution in [0.2, 0.25) is 5.02 Å². The minimum atomic E-state index is 0.624. The van der Waals surface area contributed by atoms with Crippen molar-refractivity contribution in [2.24, 2.45) is 5.92 Å². The fraction of sp³-hybridized carbons (Fsp3) is 0.647. The summed E-state index contributed by atoms with van der Waals surface area (Å²) in [5, 5.41) is 4.60. The van der Waals surface area contributed by atoms with Crippen molar-refractivity contribution in [3.8, 4) is 0 Å². The molecule has 1 aromatic carbocycles. The summed E-state index contributed by atoms with van der Waals surface area (Å²) in [5.41, 5.74) is 0. The molecule has 2 rings (SSSR count). The van der Waals surface area contributed by atoms with Crippen LogP contribution in [0.4, 0.5) is 0 Å². The highest BCUT2D eigenvalue weighted by Gasteiger charge is 2.20. The van der Waals surface area contributed by atoms with E-state index in [1.807, 2.05) is 23.9 Å². The molecule has 0 amide bonds. The normalized spacial score (nSPS) is 17.5. The summed E-state index contributed by atoms with van der Waals surface area (Å²) < 4.78 is 0. The van der Waals surface area contributed by atoms with Gasteiger partial charge in [-0.3, -0.25) is 0 Å². The molecule has 1 aliphatic carbocycles. The SMILES string of the molecule is CCCNC(CSc1ccccc1Cl)CC1CCCC1. The van der Waals surface area contributed by atoms with Gasteiger partial charge >= 0.3 is 0 Å². The zero-order valence-corrected chi connectivity index (χ0v) is 14.0. The molecule has 112 valence electrons. The molecule has 1 atom stereocenters. The quantitative estimate of drug-likeness (QED) is 0.647. The highest BCUT2D eigenvalue weighted by Crippen LogP contribution is 2.31. The Morgan fingerprint density at radius 2 is 2.05 bits per heavy atom. The van der Waals surface area contributed by atoms with E-state index in [2.05, 4.69) is 24.4 Å². The number of hydrogen-bond donors (Lipinski definition) is 1. The molecule has 1 unspecified atom stereocenters. The van der Waals surface area contributed by atoms with Crippen LogP contribution in [0.1, 0.15) is 45.4 Å². The van der Waals surface area contributed by atoms with Crippen LogP contribution in [0.5, 0.6) is 0 Å². The maximum atomic E-state index is 6.24. The number of thioether (sulfide) groups is 1. The smallest absolute Gasteiger partial charge is 0.0541 e. The van der Waals surface area contributed by atoms with Gasteiger partial charge in [-0.2, -0.15) is 0 Å². The summed E-state index contributed by atoms with van der Waals surface area (Å²) in [5.74, 6) is 2.07. The Labute approximate surface area is 132 Å². The monoisotopic (exact) mass is 311 g/mol. The third-order valence-electron chi connectivity index (χ3n) is 4.05. The van der Waals surface area contributed by atoms with Crippen molar-refractivity contribution < 1.29 is 0 Å². The summed E-state index contributed by atoms with van der Waals surface area (Å²) in [7, 11) is 0. The fourth-order valence-corrected chi connectivity index (χ4v) is 4.27. The molecule has 1 aromatic rings. The van der Waals surface area contributed by atoms with Crippen LogP contribution in [-0.2, 0) is 0 Å². The topological polar surface area (TPSA) is 12.0 Å². The van der Waals surface area contributed by atoms with Crippen LogP contribution in [0.15, 0.2) is 29.2 Å². The summed E-state index contributed by atoms with van der Waals surface area (Å²) >= 11 is 8.14. The Morgan fingerprint density at radius 1 is 1.30 bits per heavy atom. The maximum absolute atomic E-state index is 6.24. The predicted molar refractivity (Wildman–Crippen MR) is 90.8 cm³/mol. The molecule has 20 heavy (non-hydrogen) atoms. The summed E-state index contributed by atoms with van der Waals surface area (Å²) in [6.45, 7) is 3.36. The van der Waals surface area contributed by atoms with Crippen molar-refractivity contribution in [2.45, 2.75) is 56.4 Å². The zero-order chi connectivity index (χ0) is 14.2. The lowest BCUT2D eigenvalue weighted by atomic mass is 9.99. The molecule has 0 spiro atoms. The van der Waals surface area contributed by atoms with Crippen molar-refractivity contribution >= 4 is 23.4 Å². The summed E-state index contributed by atoms with van der Waals surface area (Å²) in [6, 6.07) is 8.80.